The molecule has 0 amide bonds. The summed E-state index contributed by atoms with van der Waals surface area (Å²) >= 11 is 7.85. The van der Waals surface area contributed by atoms with Crippen LogP contribution in [0.1, 0.15) is 60.2 Å². The molecule has 0 bridgehead atoms. The van der Waals surface area contributed by atoms with Gasteiger partial charge in [0.15, 0.2) is 11.5 Å². The van der Waals surface area contributed by atoms with Gasteiger partial charge in [-0.05, 0) is 93.1 Å². The number of halogens is 1. The molecule has 44 heavy (non-hydrogen) atoms. The molecule has 0 fully saturated rings. The highest BCUT2D eigenvalue weighted by molar-refractivity contribution is 7.98. The maximum atomic E-state index is 13.3. The highest BCUT2D eigenvalue weighted by Crippen LogP contribution is 2.40. The molecule has 0 saturated heterocycles. The second-order valence-electron chi connectivity index (χ2n) is 10.6. The number of fused-ring (bicyclic) bond motifs is 1. The molecular formula is C34H37ClN4O4S. The van der Waals surface area contributed by atoms with Gasteiger partial charge in [0.1, 0.15) is 12.6 Å². The number of nitrogens with zero attached hydrogens (tertiary/aromatic N) is 3. The van der Waals surface area contributed by atoms with Gasteiger partial charge in [0.2, 0.25) is 11.1 Å². The summed E-state index contributed by atoms with van der Waals surface area (Å²) in [6.07, 6.45) is 0. The van der Waals surface area contributed by atoms with Crippen molar-refractivity contribution in [1.82, 2.24) is 14.8 Å². The number of hydrogen-bond donors (Lipinski definition) is 1. The van der Waals surface area contributed by atoms with Gasteiger partial charge in [-0.1, -0.05) is 59.8 Å². The number of benzene rings is 3. The fourth-order valence-corrected chi connectivity index (χ4v) is 6.26. The maximum Gasteiger partial charge on any atom is 0.338 e. The van der Waals surface area contributed by atoms with E-state index in [9.17, 15) is 4.79 Å². The summed E-state index contributed by atoms with van der Waals surface area (Å²) in [4.78, 5) is 18.1. The van der Waals surface area contributed by atoms with E-state index in [0.717, 1.165) is 16.7 Å². The Labute approximate surface area is 267 Å². The minimum atomic E-state index is -0.595. The molecule has 2 heterocycles. The Bertz CT molecular complexity index is 1720. The molecule has 1 aromatic heterocycles. The second kappa shape index (κ2) is 13.8. The molecule has 230 valence electrons. The third-order valence-electron chi connectivity index (χ3n) is 7.56. The zero-order valence-electron chi connectivity index (χ0n) is 25.9. The van der Waals surface area contributed by atoms with Crippen LogP contribution in [0.4, 0.5) is 5.95 Å². The van der Waals surface area contributed by atoms with Gasteiger partial charge in [-0.3, -0.25) is 0 Å². The highest BCUT2D eigenvalue weighted by atomic mass is 35.5. The van der Waals surface area contributed by atoms with E-state index in [-0.39, 0.29) is 6.61 Å². The van der Waals surface area contributed by atoms with Crippen molar-refractivity contribution in [1.29, 1.82) is 0 Å². The molecule has 0 spiro atoms. The number of carbonyl (C=O) groups excluding carboxylic acids is 1. The van der Waals surface area contributed by atoms with E-state index in [0.29, 0.717) is 57.9 Å². The van der Waals surface area contributed by atoms with Crippen LogP contribution in [0.2, 0.25) is 5.02 Å². The van der Waals surface area contributed by atoms with Crippen molar-refractivity contribution in [2.75, 3.05) is 18.5 Å². The number of esters is 1. The zero-order valence-corrected chi connectivity index (χ0v) is 27.4. The van der Waals surface area contributed by atoms with Gasteiger partial charge in [-0.2, -0.15) is 4.98 Å². The molecule has 1 N–H and O–H groups in total. The summed E-state index contributed by atoms with van der Waals surface area (Å²) in [5.41, 5.74) is 7.67. The van der Waals surface area contributed by atoms with Gasteiger partial charge in [-0.25, -0.2) is 9.48 Å². The summed E-state index contributed by atoms with van der Waals surface area (Å²) < 4.78 is 19.6. The number of nitrogens with one attached hydrogen (secondary N) is 1. The quantitative estimate of drug-likeness (QED) is 0.132. The van der Waals surface area contributed by atoms with Crippen LogP contribution in [0.5, 0.6) is 11.5 Å². The van der Waals surface area contributed by atoms with Crippen molar-refractivity contribution >= 4 is 35.3 Å². The molecule has 8 nitrogen and oxygen atoms in total. The summed E-state index contributed by atoms with van der Waals surface area (Å²) in [6.45, 7) is 13.0. The van der Waals surface area contributed by atoms with Gasteiger partial charge in [0.05, 0.1) is 18.8 Å². The lowest BCUT2D eigenvalue weighted by Crippen LogP contribution is -2.29. The number of aryl methyl sites for hydroxylation is 3. The van der Waals surface area contributed by atoms with Gasteiger partial charge in [0.25, 0.3) is 0 Å². The molecule has 4 aromatic rings. The van der Waals surface area contributed by atoms with Gasteiger partial charge >= 0.3 is 5.97 Å². The van der Waals surface area contributed by atoms with E-state index >= 15 is 0 Å². The molecule has 3 aromatic carbocycles. The van der Waals surface area contributed by atoms with Crippen LogP contribution in [-0.2, 0) is 21.9 Å². The topological polar surface area (TPSA) is 87.5 Å². The Hall–Kier alpha value is -3.95. The molecule has 10 heteroatoms. The fourth-order valence-electron chi connectivity index (χ4n) is 5.15. The lowest BCUT2D eigenvalue weighted by atomic mass is 9.95. The van der Waals surface area contributed by atoms with Gasteiger partial charge in [-0.15, -0.1) is 5.10 Å². The number of hydrogen-bond acceptors (Lipinski definition) is 8. The first kappa shape index (κ1) is 31.5. The second-order valence-corrected chi connectivity index (χ2v) is 12.0. The summed E-state index contributed by atoms with van der Waals surface area (Å²) in [7, 11) is 0. The van der Waals surface area contributed by atoms with E-state index in [1.165, 1.54) is 28.5 Å². The normalized spacial score (nSPS) is 14.2. The monoisotopic (exact) mass is 632 g/mol. The Kier molecular flexibility index (Phi) is 9.86. The molecule has 1 atom stereocenters. The van der Waals surface area contributed by atoms with E-state index in [4.69, 9.17) is 35.9 Å². The predicted molar refractivity (Wildman–Crippen MR) is 175 cm³/mol. The first-order valence-corrected chi connectivity index (χ1v) is 16.0. The number of thioether (sulfide) groups is 1. The van der Waals surface area contributed by atoms with Crippen molar-refractivity contribution in [2.24, 2.45) is 0 Å². The average molecular weight is 633 g/mol. The average Bonchev–Trinajstić information content (AvgIpc) is 3.40. The smallest absolute Gasteiger partial charge is 0.338 e. The first-order chi connectivity index (χ1) is 21.2. The molecule has 5 rings (SSSR count). The SMILES string of the molecule is CCOC(=O)C1=C(C)Nc2nc(SCc3ccccc3Cl)nn2C1c1ccc(OCc2cc(C)c(C)cc2C)c(OCC)c1. The van der Waals surface area contributed by atoms with Gasteiger partial charge < -0.3 is 19.5 Å². The molecule has 0 radical (unpaired) electrons. The number of carbonyl (C=O) groups is 1. The number of allylic oxidation sites excluding steroid dienone is 1. The van der Waals surface area contributed by atoms with Crippen molar-refractivity contribution in [3.05, 3.63) is 104 Å². The minimum Gasteiger partial charge on any atom is -0.490 e. The lowest BCUT2D eigenvalue weighted by molar-refractivity contribution is -0.139. The van der Waals surface area contributed by atoms with E-state index < -0.39 is 12.0 Å². The lowest BCUT2D eigenvalue weighted by Gasteiger charge is -2.28. The Morgan fingerprint density at radius 2 is 1.70 bits per heavy atom. The van der Waals surface area contributed by atoms with Crippen LogP contribution >= 0.6 is 23.4 Å². The zero-order chi connectivity index (χ0) is 31.4. The number of anilines is 1. The molecule has 1 aliphatic heterocycles. The van der Waals surface area contributed by atoms with Crippen LogP contribution in [0.3, 0.4) is 0 Å². The Morgan fingerprint density at radius 1 is 0.932 bits per heavy atom. The largest absolute Gasteiger partial charge is 0.490 e. The van der Waals surface area contributed by atoms with Crippen LogP contribution < -0.4 is 14.8 Å². The molecular weight excluding hydrogens is 596 g/mol. The summed E-state index contributed by atoms with van der Waals surface area (Å²) in [5, 5.41) is 9.34. The van der Waals surface area contributed by atoms with Crippen LogP contribution in [0, 0.1) is 20.8 Å². The fraction of sp³-hybridized carbons (Fsp3) is 0.324. The molecule has 0 aliphatic carbocycles. The third kappa shape index (κ3) is 6.74. The predicted octanol–water partition coefficient (Wildman–Crippen LogP) is 7.98. The van der Waals surface area contributed by atoms with Crippen molar-refractivity contribution in [3.63, 3.8) is 0 Å². The van der Waals surface area contributed by atoms with Crippen LogP contribution in [0.15, 0.2) is 71.0 Å². The highest BCUT2D eigenvalue weighted by Gasteiger charge is 2.35. The molecule has 1 unspecified atom stereocenters. The standard InChI is InChI=1S/C34H37ClN4O4S/c1-7-41-29-17-24(13-14-28(29)43-18-26-16-21(4)20(3)15-22(26)5)31-30(32(40)42-8-2)23(6)36-33-37-34(38-39(31)33)44-19-25-11-9-10-12-27(25)35/h9-17,31H,7-8,18-19H2,1-6H3,(H,36,37,38). The Balaban J connectivity index is 1.49. The van der Waals surface area contributed by atoms with Crippen molar-refractivity contribution in [3.8, 4) is 11.5 Å². The molecule has 1 aliphatic rings. The van der Waals surface area contributed by atoms with Crippen molar-refractivity contribution < 1.29 is 19.0 Å². The number of ether oxygens (including phenoxy) is 3. The van der Waals surface area contributed by atoms with E-state index in [2.05, 4.69) is 38.2 Å². The number of rotatable bonds is 11. The van der Waals surface area contributed by atoms with Crippen molar-refractivity contribution in [2.45, 2.75) is 65.1 Å². The Morgan fingerprint density at radius 3 is 2.45 bits per heavy atom. The maximum absolute atomic E-state index is 13.3. The van der Waals surface area contributed by atoms with Crippen LogP contribution in [0.25, 0.3) is 0 Å². The number of aromatic nitrogens is 3. The van der Waals surface area contributed by atoms with Gasteiger partial charge in [0, 0.05) is 16.5 Å². The van der Waals surface area contributed by atoms with E-state index in [1.54, 1.807) is 11.6 Å². The third-order valence-corrected chi connectivity index (χ3v) is 8.82. The van der Waals surface area contributed by atoms with Crippen LogP contribution in [-0.4, -0.2) is 33.9 Å². The summed E-state index contributed by atoms with van der Waals surface area (Å²) in [6, 6.07) is 17.2. The minimum absolute atomic E-state index is 0.250. The molecule has 0 saturated carbocycles. The summed E-state index contributed by atoms with van der Waals surface area (Å²) in [5.74, 6) is 1.92. The van der Waals surface area contributed by atoms with E-state index in [1.807, 2.05) is 56.3 Å². The first-order valence-electron chi connectivity index (χ1n) is 14.6.